The lowest BCUT2D eigenvalue weighted by atomic mass is 10.1. The Morgan fingerprint density at radius 1 is 1.58 bits per heavy atom. The summed E-state index contributed by atoms with van der Waals surface area (Å²) >= 11 is 0. The van der Waals surface area contributed by atoms with Gasteiger partial charge in [-0.3, -0.25) is 4.79 Å². The summed E-state index contributed by atoms with van der Waals surface area (Å²) < 4.78 is 0. The third-order valence-corrected chi connectivity index (χ3v) is 1.51. The molecule has 4 nitrogen and oxygen atoms in total. The van der Waals surface area contributed by atoms with Crippen LogP contribution in [0.2, 0.25) is 0 Å². The predicted octanol–water partition coefficient (Wildman–Crippen LogP) is -0.498. The van der Waals surface area contributed by atoms with Gasteiger partial charge in [0.1, 0.15) is 5.60 Å². The standard InChI is InChI=1S/C8H17NO3/c1-6(2)7(11)9-4-8(3,12)5-10/h6,10,12H,4-5H2,1-3H3,(H,9,11). The van der Waals surface area contributed by atoms with E-state index in [0.717, 1.165) is 0 Å². The lowest BCUT2D eigenvalue weighted by Crippen LogP contribution is -2.44. The molecule has 0 radical (unpaired) electrons. The fraction of sp³-hybridized carbons (Fsp3) is 0.875. The van der Waals surface area contributed by atoms with Gasteiger partial charge in [0, 0.05) is 12.5 Å². The number of amides is 1. The zero-order chi connectivity index (χ0) is 9.78. The SMILES string of the molecule is CC(C)C(=O)NCC(C)(O)CO. The van der Waals surface area contributed by atoms with Crippen molar-refractivity contribution in [3.63, 3.8) is 0 Å². The van der Waals surface area contributed by atoms with Gasteiger partial charge in [-0.25, -0.2) is 0 Å². The number of hydrogen-bond acceptors (Lipinski definition) is 3. The maximum atomic E-state index is 11.0. The molecular formula is C8H17NO3. The number of carbonyl (C=O) groups excluding carboxylic acids is 1. The third-order valence-electron chi connectivity index (χ3n) is 1.51. The average Bonchev–Trinajstić information content (AvgIpc) is 2.00. The van der Waals surface area contributed by atoms with E-state index < -0.39 is 5.60 Å². The fourth-order valence-electron chi connectivity index (χ4n) is 0.538. The first kappa shape index (κ1) is 11.4. The molecule has 1 amide bonds. The Bertz CT molecular complexity index is 154. The smallest absolute Gasteiger partial charge is 0.222 e. The van der Waals surface area contributed by atoms with Crippen molar-refractivity contribution < 1.29 is 15.0 Å². The molecule has 72 valence electrons. The zero-order valence-electron chi connectivity index (χ0n) is 7.79. The summed E-state index contributed by atoms with van der Waals surface area (Å²) in [6.07, 6.45) is 0. The molecule has 1 unspecified atom stereocenters. The van der Waals surface area contributed by atoms with E-state index in [1.807, 2.05) is 0 Å². The van der Waals surface area contributed by atoms with Gasteiger partial charge in [-0.2, -0.15) is 0 Å². The molecule has 4 heteroatoms. The maximum absolute atomic E-state index is 11.0. The first-order valence-corrected chi connectivity index (χ1v) is 4.00. The second kappa shape index (κ2) is 4.42. The maximum Gasteiger partial charge on any atom is 0.222 e. The Hall–Kier alpha value is -0.610. The topological polar surface area (TPSA) is 69.6 Å². The number of aliphatic hydroxyl groups is 2. The van der Waals surface area contributed by atoms with E-state index in [4.69, 9.17) is 5.11 Å². The summed E-state index contributed by atoms with van der Waals surface area (Å²) in [6, 6.07) is 0. The highest BCUT2D eigenvalue weighted by atomic mass is 16.3. The lowest BCUT2D eigenvalue weighted by Gasteiger charge is -2.21. The second-order valence-electron chi connectivity index (χ2n) is 3.53. The summed E-state index contributed by atoms with van der Waals surface area (Å²) in [7, 11) is 0. The summed E-state index contributed by atoms with van der Waals surface area (Å²) in [5, 5.41) is 20.5. The number of hydrogen-bond donors (Lipinski definition) is 3. The van der Waals surface area contributed by atoms with Crippen LogP contribution >= 0.6 is 0 Å². The van der Waals surface area contributed by atoms with Crippen molar-refractivity contribution in [2.75, 3.05) is 13.2 Å². The van der Waals surface area contributed by atoms with Crippen molar-refractivity contribution in [3.05, 3.63) is 0 Å². The largest absolute Gasteiger partial charge is 0.393 e. The predicted molar refractivity (Wildman–Crippen MR) is 45.6 cm³/mol. The highest BCUT2D eigenvalue weighted by molar-refractivity contribution is 5.77. The van der Waals surface area contributed by atoms with Crippen LogP contribution in [0, 0.1) is 5.92 Å². The van der Waals surface area contributed by atoms with Crippen LogP contribution in [-0.2, 0) is 4.79 Å². The van der Waals surface area contributed by atoms with Crippen LogP contribution in [0.25, 0.3) is 0 Å². The van der Waals surface area contributed by atoms with Gasteiger partial charge in [0.25, 0.3) is 0 Å². The molecule has 0 fully saturated rings. The molecular weight excluding hydrogens is 158 g/mol. The molecule has 0 aromatic carbocycles. The first-order valence-electron chi connectivity index (χ1n) is 4.00. The van der Waals surface area contributed by atoms with Crippen LogP contribution in [0.15, 0.2) is 0 Å². The number of nitrogens with one attached hydrogen (secondary N) is 1. The van der Waals surface area contributed by atoms with Gasteiger partial charge < -0.3 is 15.5 Å². The molecule has 1 atom stereocenters. The molecule has 0 rings (SSSR count). The minimum atomic E-state index is -1.22. The highest BCUT2D eigenvalue weighted by Gasteiger charge is 2.20. The van der Waals surface area contributed by atoms with Crippen molar-refractivity contribution >= 4 is 5.91 Å². The van der Waals surface area contributed by atoms with E-state index in [9.17, 15) is 9.90 Å². The average molecular weight is 175 g/mol. The van der Waals surface area contributed by atoms with Gasteiger partial charge in [0.2, 0.25) is 5.91 Å². The van der Waals surface area contributed by atoms with E-state index in [1.54, 1.807) is 13.8 Å². The Morgan fingerprint density at radius 3 is 2.42 bits per heavy atom. The van der Waals surface area contributed by atoms with Crippen molar-refractivity contribution in [2.24, 2.45) is 5.92 Å². The van der Waals surface area contributed by atoms with Crippen molar-refractivity contribution in [1.29, 1.82) is 0 Å². The highest BCUT2D eigenvalue weighted by Crippen LogP contribution is 1.99. The van der Waals surface area contributed by atoms with E-state index in [1.165, 1.54) is 6.92 Å². The van der Waals surface area contributed by atoms with Crippen LogP contribution in [0.1, 0.15) is 20.8 Å². The zero-order valence-corrected chi connectivity index (χ0v) is 7.79. The summed E-state index contributed by atoms with van der Waals surface area (Å²) in [5.74, 6) is -0.219. The molecule has 0 aliphatic carbocycles. The summed E-state index contributed by atoms with van der Waals surface area (Å²) in [5.41, 5.74) is -1.22. The van der Waals surface area contributed by atoms with E-state index >= 15 is 0 Å². The van der Waals surface area contributed by atoms with Crippen molar-refractivity contribution in [3.8, 4) is 0 Å². The first-order chi connectivity index (χ1) is 5.39. The van der Waals surface area contributed by atoms with Crippen LogP contribution in [0.4, 0.5) is 0 Å². The van der Waals surface area contributed by atoms with Gasteiger partial charge in [0.15, 0.2) is 0 Å². The molecule has 12 heavy (non-hydrogen) atoms. The third kappa shape index (κ3) is 4.31. The second-order valence-corrected chi connectivity index (χ2v) is 3.53. The minimum Gasteiger partial charge on any atom is -0.393 e. The quantitative estimate of drug-likeness (QED) is 0.539. The van der Waals surface area contributed by atoms with E-state index in [2.05, 4.69) is 5.32 Å². The molecule has 0 aromatic heterocycles. The monoisotopic (exact) mass is 175 g/mol. The molecule has 0 aromatic rings. The molecule has 0 bridgehead atoms. The molecule has 0 saturated carbocycles. The van der Waals surface area contributed by atoms with Gasteiger partial charge in [-0.05, 0) is 6.92 Å². The van der Waals surface area contributed by atoms with Gasteiger partial charge in [-0.15, -0.1) is 0 Å². The number of carbonyl (C=O) groups is 1. The van der Waals surface area contributed by atoms with Crippen molar-refractivity contribution in [2.45, 2.75) is 26.4 Å². The van der Waals surface area contributed by atoms with Gasteiger partial charge in [-0.1, -0.05) is 13.8 Å². The van der Waals surface area contributed by atoms with Crippen LogP contribution in [0.3, 0.4) is 0 Å². The Morgan fingerprint density at radius 2 is 2.08 bits per heavy atom. The Kier molecular flexibility index (Phi) is 4.20. The minimum absolute atomic E-state index is 0.0838. The normalized spacial score (nSPS) is 15.8. The summed E-state index contributed by atoms with van der Waals surface area (Å²) in [4.78, 5) is 11.0. The molecule has 3 N–H and O–H groups in total. The van der Waals surface area contributed by atoms with Gasteiger partial charge >= 0.3 is 0 Å². The van der Waals surface area contributed by atoms with Crippen LogP contribution in [-0.4, -0.2) is 34.9 Å². The van der Waals surface area contributed by atoms with Crippen LogP contribution in [0.5, 0.6) is 0 Å². The van der Waals surface area contributed by atoms with E-state index in [-0.39, 0.29) is 25.0 Å². The molecule has 0 spiro atoms. The molecule has 0 saturated heterocycles. The van der Waals surface area contributed by atoms with Crippen LogP contribution < -0.4 is 5.32 Å². The number of rotatable bonds is 4. The lowest BCUT2D eigenvalue weighted by molar-refractivity contribution is -0.125. The fourth-order valence-corrected chi connectivity index (χ4v) is 0.538. The number of aliphatic hydroxyl groups excluding tert-OH is 1. The van der Waals surface area contributed by atoms with Gasteiger partial charge in [0.05, 0.1) is 6.61 Å². The molecule has 0 aliphatic rings. The summed E-state index contributed by atoms with van der Waals surface area (Å²) in [6.45, 7) is 4.73. The Balaban J connectivity index is 3.76. The molecule has 0 heterocycles. The van der Waals surface area contributed by atoms with E-state index in [0.29, 0.717) is 0 Å². The Labute approximate surface area is 72.6 Å². The molecule has 0 aliphatic heterocycles. The van der Waals surface area contributed by atoms with Crippen molar-refractivity contribution in [1.82, 2.24) is 5.32 Å².